The molecule has 1 aliphatic rings. The van der Waals surface area contributed by atoms with Crippen molar-refractivity contribution in [3.63, 3.8) is 0 Å². The van der Waals surface area contributed by atoms with Crippen molar-refractivity contribution in [2.75, 3.05) is 19.8 Å². The normalized spacial score (nSPS) is 18.3. The lowest BCUT2D eigenvalue weighted by atomic mass is 10.1. The summed E-state index contributed by atoms with van der Waals surface area (Å²) in [5, 5.41) is 12.7. The van der Waals surface area contributed by atoms with Gasteiger partial charge in [0.25, 0.3) is 5.91 Å². The van der Waals surface area contributed by atoms with E-state index in [-0.39, 0.29) is 5.91 Å². The summed E-state index contributed by atoms with van der Waals surface area (Å²) >= 11 is 0. The minimum Gasteiger partial charge on any atom is -0.378 e. The Balaban J connectivity index is 1.80. The van der Waals surface area contributed by atoms with E-state index < -0.39 is 6.10 Å². The summed E-state index contributed by atoms with van der Waals surface area (Å²) in [6, 6.07) is 9.01. The standard InChI is InChI=1S/C14H20N2O2/c17-13(12-7-3-1-4-8-12)14(18)15-11-16-9-5-2-6-10-16/h1,3-4,7-8,13,17H,2,5-6,9-11H2,(H,15,18)/t13-/m1/s1. The van der Waals surface area contributed by atoms with Gasteiger partial charge in [0, 0.05) is 0 Å². The molecule has 0 bridgehead atoms. The van der Waals surface area contributed by atoms with Gasteiger partial charge in [0.15, 0.2) is 6.10 Å². The highest BCUT2D eigenvalue weighted by Crippen LogP contribution is 2.12. The largest absolute Gasteiger partial charge is 0.378 e. The molecular formula is C14H20N2O2. The third-order valence-corrected chi connectivity index (χ3v) is 3.29. The van der Waals surface area contributed by atoms with Crippen molar-refractivity contribution in [2.45, 2.75) is 25.4 Å². The van der Waals surface area contributed by atoms with Crippen molar-refractivity contribution in [1.82, 2.24) is 10.2 Å². The summed E-state index contributed by atoms with van der Waals surface area (Å²) < 4.78 is 0. The number of rotatable bonds is 4. The van der Waals surface area contributed by atoms with Crippen molar-refractivity contribution in [3.05, 3.63) is 35.9 Å². The maximum Gasteiger partial charge on any atom is 0.254 e. The number of hydrogen-bond donors (Lipinski definition) is 2. The highest BCUT2D eigenvalue weighted by atomic mass is 16.3. The smallest absolute Gasteiger partial charge is 0.254 e. The summed E-state index contributed by atoms with van der Waals surface area (Å²) in [5.74, 6) is -0.327. The van der Waals surface area contributed by atoms with Gasteiger partial charge >= 0.3 is 0 Å². The predicted octanol–water partition coefficient (Wildman–Crippen LogP) is 1.28. The van der Waals surface area contributed by atoms with Crippen LogP contribution in [0.2, 0.25) is 0 Å². The van der Waals surface area contributed by atoms with Crippen LogP contribution in [-0.4, -0.2) is 35.7 Å². The summed E-state index contributed by atoms with van der Waals surface area (Å²) in [7, 11) is 0. The number of nitrogens with zero attached hydrogens (tertiary/aromatic N) is 1. The zero-order chi connectivity index (χ0) is 12.8. The molecule has 0 spiro atoms. The highest BCUT2D eigenvalue weighted by Gasteiger charge is 2.18. The first-order valence-corrected chi connectivity index (χ1v) is 6.50. The number of benzene rings is 1. The number of amides is 1. The molecular weight excluding hydrogens is 228 g/mol. The van der Waals surface area contributed by atoms with E-state index in [0.29, 0.717) is 12.2 Å². The van der Waals surface area contributed by atoms with Crippen LogP contribution in [0.15, 0.2) is 30.3 Å². The summed E-state index contributed by atoms with van der Waals surface area (Å²) in [6.45, 7) is 2.59. The van der Waals surface area contributed by atoms with Crippen LogP contribution in [0.3, 0.4) is 0 Å². The maximum absolute atomic E-state index is 11.8. The number of likely N-dealkylation sites (tertiary alicyclic amines) is 1. The predicted molar refractivity (Wildman–Crippen MR) is 69.8 cm³/mol. The Hall–Kier alpha value is -1.39. The Kier molecular flexibility index (Phi) is 4.73. The molecule has 1 atom stereocenters. The number of piperidine rings is 1. The van der Waals surface area contributed by atoms with Crippen molar-refractivity contribution < 1.29 is 9.90 Å². The van der Waals surface area contributed by atoms with E-state index in [4.69, 9.17) is 0 Å². The molecule has 98 valence electrons. The fourth-order valence-corrected chi connectivity index (χ4v) is 2.19. The van der Waals surface area contributed by atoms with Gasteiger partial charge in [0.1, 0.15) is 0 Å². The van der Waals surface area contributed by atoms with E-state index in [0.717, 1.165) is 13.1 Å². The minimum absolute atomic E-state index is 0.327. The van der Waals surface area contributed by atoms with Crippen LogP contribution in [0.1, 0.15) is 30.9 Å². The van der Waals surface area contributed by atoms with Crippen LogP contribution in [0.4, 0.5) is 0 Å². The molecule has 0 saturated carbocycles. The van der Waals surface area contributed by atoms with Gasteiger partial charge in [-0.2, -0.15) is 0 Å². The first-order chi connectivity index (χ1) is 8.77. The SMILES string of the molecule is O=C(NCN1CCCCC1)[C@H](O)c1ccccc1. The van der Waals surface area contributed by atoms with Gasteiger partial charge in [-0.25, -0.2) is 0 Å². The number of aliphatic hydroxyl groups excluding tert-OH is 1. The second kappa shape index (κ2) is 6.52. The van der Waals surface area contributed by atoms with Crippen molar-refractivity contribution in [1.29, 1.82) is 0 Å². The number of hydrogen-bond acceptors (Lipinski definition) is 3. The van der Waals surface area contributed by atoms with Gasteiger partial charge in [-0.15, -0.1) is 0 Å². The number of carbonyl (C=O) groups is 1. The lowest BCUT2D eigenvalue weighted by Crippen LogP contribution is -2.42. The Labute approximate surface area is 108 Å². The molecule has 0 unspecified atom stereocenters. The third-order valence-electron chi connectivity index (χ3n) is 3.29. The average Bonchev–Trinajstić information content (AvgIpc) is 2.46. The molecule has 4 heteroatoms. The number of carbonyl (C=O) groups excluding carboxylic acids is 1. The lowest BCUT2D eigenvalue weighted by Gasteiger charge is -2.26. The second-order valence-corrected chi connectivity index (χ2v) is 4.69. The molecule has 4 nitrogen and oxygen atoms in total. The van der Waals surface area contributed by atoms with Gasteiger partial charge in [0.2, 0.25) is 0 Å². The van der Waals surface area contributed by atoms with Crippen LogP contribution in [0.25, 0.3) is 0 Å². The van der Waals surface area contributed by atoms with E-state index in [1.54, 1.807) is 12.1 Å². The minimum atomic E-state index is -1.07. The zero-order valence-corrected chi connectivity index (χ0v) is 10.5. The van der Waals surface area contributed by atoms with Crippen LogP contribution < -0.4 is 5.32 Å². The maximum atomic E-state index is 11.8. The lowest BCUT2D eigenvalue weighted by molar-refractivity contribution is -0.130. The number of nitrogens with one attached hydrogen (secondary N) is 1. The molecule has 1 aromatic rings. The molecule has 1 amide bonds. The molecule has 0 radical (unpaired) electrons. The van der Waals surface area contributed by atoms with Crippen molar-refractivity contribution in [2.24, 2.45) is 0 Å². The Bertz CT molecular complexity index is 375. The van der Waals surface area contributed by atoms with Crippen LogP contribution >= 0.6 is 0 Å². The number of aliphatic hydroxyl groups is 1. The summed E-state index contributed by atoms with van der Waals surface area (Å²) in [4.78, 5) is 14.0. The molecule has 1 fully saturated rings. The van der Waals surface area contributed by atoms with Crippen LogP contribution in [0.5, 0.6) is 0 Å². The summed E-state index contributed by atoms with van der Waals surface area (Å²) in [5.41, 5.74) is 0.633. The van der Waals surface area contributed by atoms with Crippen molar-refractivity contribution >= 4 is 5.91 Å². The van der Waals surface area contributed by atoms with Gasteiger partial charge in [-0.3, -0.25) is 9.69 Å². The molecule has 2 N–H and O–H groups in total. The van der Waals surface area contributed by atoms with Gasteiger partial charge < -0.3 is 10.4 Å². The fraction of sp³-hybridized carbons (Fsp3) is 0.500. The van der Waals surface area contributed by atoms with E-state index >= 15 is 0 Å². The Morgan fingerprint density at radius 2 is 1.89 bits per heavy atom. The van der Waals surface area contributed by atoms with E-state index in [1.165, 1.54) is 19.3 Å². The van der Waals surface area contributed by atoms with E-state index in [1.807, 2.05) is 18.2 Å². The monoisotopic (exact) mass is 248 g/mol. The van der Waals surface area contributed by atoms with Gasteiger partial charge in [-0.1, -0.05) is 36.8 Å². The van der Waals surface area contributed by atoms with Gasteiger partial charge in [-0.05, 0) is 31.5 Å². The molecule has 1 saturated heterocycles. The molecule has 1 heterocycles. The second-order valence-electron chi connectivity index (χ2n) is 4.69. The third kappa shape index (κ3) is 3.55. The van der Waals surface area contributed by atoms with Gasteiger partial charge in [0.05, 0.1) is 6.67 Å². The fourth-order valence-electron chi connectivity index (χ4n) is 2.19. The van der Waals surface area contributed by atoms with E-state index in [2.05, 4.69) is 10.2 Å². The molecule has 1 aliphatic heterocycles. The molecule has 0 aliphatic carbocycles. The molecule has 0 aromatic heterocycles. The topological polar surface area (TPSA) is 52.6 Å². The molecule has 1 aromatic carbocycles. The van der Waals surface area contributed by atoms with Crippen LogP contribution in [0, 0.1) is 0 Å². The van der Waals surface area contributed by atoms with Crippen LogP contribution in [-0.2, 0) is 4.79 Å². The average molecular weight is 248 g/mol. The van der Waals surface area contributed by atoms with E-state index in [9.17, 15) is 9.90 Å². The molecule has 18 heavy (non-hydrogen) atoms. The Morgan fingerprint density at radius 3 is 2.56 bits per heavy atom. The highest BCUT2D eigenvalue weighted by molar-refractivity contribution is 5.81. The Morgan fingerprint density at radius 1 is 1.22 bits per heavy atom. The first kappa shape index (κ1) is 13.1. The first-order valence-electron chi connectivity index (χ1n) is 6.50. The zero-order valence-electron chi connectivity index (χ0n) is 10.5. The summed E-state index contributed by atoms with van der Waals surface area (Å²) in [6.07, 6.45) is 2.58. The quantitative estimate of drug-likeness (QED) is 0.844. The van der Waals surface area contributed by atoms with Crippen molar-refractivity contribution in [3.8, 4) is 0 Å². The molecule has 2 rings (SSSR count).